The molecule has 140 valence electrons. The molecular formula is C19H24N2O5. The molecule has 0 radical (unpaired) electrons. The van der Waals surface area contributed by atoms with Crippen molar-refractivity contribution in [3.63, 3.8) is 0 Å². The average Bonchev–Trinajstić information content (AvgIpc) is 3.29. The minimum absolute atomic E-state index is 0.0114. The first-order valence-electron chi connectivity index (χ1n) is 8.97. The van der Waals surface area contributed by atoms with Crippen LogP contribution in [0.4, 0.5) is 5.69 Å². The smallest absolute Gasteiger partial charge is 0.311 e. The van der Waals surface area contributed by atoms with Crippen LogP contribution in [0.15, 0.2) is 24.3 Å². The largest absolute Gasteiger partial charge is 0.495 e. The molecule has 0 spiro atoms. The maximum Gasteiger partial charge on any atom is 0.311 e. The maximum absolute atomic E-state index is 12.2. The highest BCUT2D eigenvalue weighted by atomic mass is 16.5. The van der Waals surface area contributed by atoms with Crippen molar-refractivity contribution in [2.75, 3.05) is 25.6 Å². The molecule has 1 heterocycles. The number of hydrogen-bond acceptors (Lipinski definition) is 5. The Morgan fingerprint density at radius 2 is 1.96 bits per heavy atom. The molecule has 0 unspecified atom stereocenters. The van der Waals surface area contributed by atoms with E-state index in [-0.39, 0.29) is 25.0 Å². The molecule has 0 aromatic heterocycles. The second kappa shape index (κ2) is 8.21. The van der Waals surface area contributed by atoms with E-state index < -0.39 is 17.8 Å². The zero-order valence-corrected chi connectivity index (χ0v) is 14.9. The molecule has 1 aliphatic heterocycles. The van der Waals surface area contributed by atoms with Crippen molar-refractivity contribution in [2.24, 2.45) is 5.92 Å². The monoisotopic (exact) mass is 360 g/mol. The molecule has 7 nitrogen and oxygen atoms in total. The average molecular weight is 360 g/mol. The highest BCUT2D eigenvalue weighted by molar-refractivity contribution is 5.94. The Labute approximate surface area is 152 Å². The molecule has 3 rings (SSSR count). The third-order valence-electron chi connectivity index (χ3n) is 4.98. The molecule has 26 heavy (non-hydrogen) atoms. The number of para-hydroxylation sites is 2. The number of benzene rings is 1. The number of anilines is 1. The van der Waals surface area contributed by atoms with Crippen LogP contribution in [-0.2, 0) is 19.1 Å². The van der Waals surface area contributed by atoms with Crippen molar-refractivity contribution >= 4 is 23.5 Å². The zero-order chi connectivity index (χ0) is 18.5. The molecule has 1 atom stereocenters. The minimum atomic E-state index is -0.492. The van der Waals surface area contributed by atoms with Crippen LogP contribution in [0.5, 0.6) is 5.75 Å². The van der Waals surface area contributed by atoms with Gasteiger partial charge in [0.1, 0.15) is 5.75 Å². The van der Waals surface area contributed by atoms with Gasteiger partial charge in [0.05, 0.1) is 18.7 Å². The number of nitrogens with one attached hydrogen (secondary N) is 1. The van der Waals surface area contributed by atoms with Crippen LogP contribution >= 0.6 is 0 Å². The SMILES string of the molecule is COc1ccccc1NC(=O)COC(=O)[C@@H]1CC(=O)N(C2CCCC2)C1. The summed E-state index contributed by atoms with van der Waals surface area (Å²) in [6.45, 7) is 0.0153. The van der Waals surface area contributed by atoms with Crippen LogP contribution in [0.25, 0.3) is 0 Å². The van der Waals surface area contributed by atoms with Crippen molar-refractivity contribution in [1.29, 1.82) is 0 Å². The van der Waals surface area contributed by atoms with E-state index in [1.54, 1.807) is 24.3 Å². The van der Waals surface area contributed by atoms with E-state index in [1.165, 1.54) is 7.11 Å². The second-order valence-electron chi connectivity index (χ2n) is 6.74. The maximum atomic E-state index is 12.2. The summed E-state index contributed by atoms with van der Waals surface area (Å²) in [5, 5.41) is 2.65. The number of nitrogens with zero attached hydrogens (tertiary/aromatic N) is 1. The summed E-state index contributed by atoms with van der Waals surface area (Å²) in [6.07, 6.45) is 4.45. The lowest BCUT2D eigenvalue weighted by Crippen LogP contribution is -2.35. The summed E-state index contributed by atoms with van der Waals surface area (Å²) < 4.78 is 10.3. The molecule has 1 aromatic rings. The molecule has 2 amide bonds. The van der Waals surface area contributed by atoms with Crippen molar-refractivity contribution in [1.82, 2.24) is 4.90 Å². The number of hydrogen-bond donors (Lipinski definition) is 1. The molecular weight excluding hydrogens is 336 g/mol. The first kappa shape index (κ1) is 18.2. The van der Waals surface area contributed by atoms with Gasteiger partial charge in [0, 0.05) is 19.0 Å². The number of esters is 1. The number of ether oxygens (including phenoxy) is 2. The number of amides is 2. The van der Waals surface area contributed by atoms with Gasteiger partial charge >= 0.3 is 5.97 Å². The van der Waals surface area contributed by atoms with Gasteiger partial charge in [-0.05, 0) is 25.0 Å². The van der Waals surface area contributed by atoms with Crippen LogP contribution in [0.1, 0.15) is 32.1 Å². The molecule has 1 aliphatic carbocycles. The number of carbonyl (C=O) groups is 3. The van der Waals surface area contributed by atoms with Crippen LogP contribution in [0, 0.1) is 5.92 Å². The zero-order valence-electron chi connectivity index (χ0n) is 14.9. The lowest BCUT2D eigenvalue weighted by atomic mass is 10.1. The molecule has 2 aliphatic rings. The Morgan fingerprint density at radius 1 is 1.23 bits per heavy atom. The number of carbonyl (C=O) groups excluding carboxylic acids is 3. The predicted molar refractivity (Wildman–Crippen MR) is 94.7 cm³/mol. The number of methoxy groups -OCH3 is 1. The Bertz CT molecular complexity index is 684. The Kier molecular flexibility index (Phi) is 5.75. The fraction of sp³-hybridized carbons (Fsp3) is 0.526. The normalized spacial score (nSPS) is 20.3. The summed E-state index contributed by atoms with van der Waals surface area (Å²) in [4.78, 5) is 38.2. The van der Waals surface area contributed by atoms with Gasteiger partial charge in [-0.1, -0.05) is 25.0 Å². The predicted octanol–water partition coefficient (Wildman–Crippen LogP) is 1.97. The quantitative estimate of drug-likeness (QED) is 0.784. The molecule has 2 fully saturated rings. The van der Waals surface area contributed by atoms with Crippen molar-refractivity contribution < 1.29 is 23.9 Å². The van der Waals surface area contributed by atoms with Crippen molar-refractivity contribution in [3.8, 4) is 5.75 Å². The minimum Gasteiger partial charge on any atom is -0.495 e. The van der Waals surface area contributed by atoms with Crippen LogP contribution < -0.4 is 10.1 Å². The van der Waals surface area contributed by atoms with Gasteiger partial charge in [-0.25, -0.2) is 0 Å². The van der Waals surface area contributed by atoms with Gasteiger partial charge in [-0.2, -0.15) is 0 Å². The Balaban J connectivity index is 1.48. The van der Waals surface area contributed by atoms with Gasteiger partial charge in [-0.3, -0.25) is 14.4 Å². The van der Waals surface area contributed by atoms with Gasteiger partial charge in [0.25, 0.3) is 5.91 Å². The van der Waals surface area contributed by atoms with Crippen molar-refractivity contribution in [3.05, 3.63) is 24.3 Å². The van der Waals surface area contributed by atoms with E-state index in [0.29, 0.717) is 18.0 Å². The summed E-state index contributed by atoms with van der Waals surface area (Å²) in [5.74, 6) is -0.880. The molecule has 1 N–H and O–H groups in total. The van der Waals surface area contributed by atoms with E-state index in [0.717, 1.165) is 25.7 Å². The number of likely N-dealkylation sites (tertiary alicyclic amines) is 1. The lowest BCUT2D eigenvalue weighted by Gasteiger charge is -2.23. The summed E-state index contributed by atoms with van der Waals surface area (Å²) in [5.41, 5.74) is 0.513. The van der Waals surface area contributed by atoms with Gasteiger partial charge in [0.15, 0.2) is 6.61 Å². The molecule has 1 saturated heterocycles. The molecule has 0 bridgehead atoms. The summed E-state index contributed by atoms with van der Waals surface area (Å²) in [7, 11) is 1.51. The third-order valence-corrected chi connectivity index (χ3v) is 4.98. The standard InChI is InChI=1S/C19H24N2O5/c1-25-16-9-5-4-8-15(16)20-17(22)12-26-19(24)13-10-18(23)21(11-13)14-6-2-3-7-14/h4-5,8-9,13-14H,2-3,6-7,10-12H2,1H3,(H,20,22)/t13-/m1/s1. The van der Waals surface area contributed by atoms with Gasteiger partial charge in [0.2, 0.25) is 5.91 Å². The lowest BCUT2D eigenvalue weighted by molar-refractivity contribution is -0.151. The fourth-order valence-corrected chi connectivity index (χ4v) is 3.65. The third kappa shape index (κ3) is 4.15. The van der Waals surface area contributed by atoms with E-state index in [4.69, 9.17) is 9.47 Å². The molecule has 7 heteroatoms. The van der Waals surface area contributed by atoms with Crippen LogP contribution in [-0.4, -0.2) is 49.0 Å². The summed E-state index contributed by atoms with van der Waals surface area (Å²) >= 11 is 0. The molecule has 1 saturated carbocycles. The fourth-order valence-electron chi connectivity index (χ4n) is 3.65. The number of rotatable bonds is 6. The van der Waals surface area contributed by atoms with Gasteiger partial charge in [-0.15, -0.1) is 0 Å². The second-order valence-corrected chi connectivity index (χ2v) is 6.74. The van der Waals surface area contributed by atoms with Crippen LogP contribution in [0.3, 0.4) is 0 Å². The first-order valence-corrected chi connectivity index (χ1v) is 8.97. The van der Waals surface area contributed by atoms with E-state index >= 15 is 0 Å². The van der Waals surface area contributed by atoms with E-state index in [2.05, 4.69) is 5.32 Å². The highest BCUT2D eigenvalue weighted by Crippen LogP contribution is 2.30. The first-order chi connectivity index (χ1) is 12.6. The molecule has 1 aromatic carbocycles. The highest BCUT2D eigenvalue weighted by Gasteiger charge is 2.39. The topological polar surface area (TPSA) is 84.9 Å². The summed E-state index contributed by atoms with van der Waals surface area (Å²) in [6, 6.07) is 7.25. The van der Waals surface area contributed by atoms with Crippen LogP contribution in [0.2, 0.25) is 0 Å². The van der Waals surface area contributed by atoms with E-state index in [9.17, 15) is 14.4 Å². The van der Waals surface area contributed by atoms with E-state index in [1.807, 2.05) is 4.90 Å². The Hall–Kier alpha value is -2.57. The van der Waals surface area contributed by atoms with Gasteiger partial charge < -0.3 is 19.7 Å². The Morgan fingerprint density at radius 3 is 2.69 bits per heavy atom. The van der Waals surface area contributed by atoms with Crippen molar-refractivity contribution in [2.45, 2.75) is 38.1 Å².